The first kappa shape index (κ1) is 8.17. The van der Waals surface area contributed by atoms with Crippen molar-refractivity contribution in [1.29, 1.82) is 0 Å². The van der Waals surface area contributed by atoms with Gasteiger partial charge < -0.3 is 4.98 Å². The molecule has 1 aromatic carbocycles. The molecular weight excluding hydrogens is 186 g/mol. The number of para-hydroxylation sites is 1. The molecule has 0 unspecified atom stereocenters. The van der Waals surface area contributed by atoms with E-state index in [4.69, 9.17) is 0 Å². The van der Waals surface area contributed by atoms with Gasteiger partial charge in [0.1, 0.15) is 0 Å². The third kappa shape index (κ3) is 1.38. The molecule has 0 aliphatic heterocycles. The number of fused-ring (bicyclic) bond motifs is 1. The zero-order valence-electron chi connectivity index (χ0n) is 8.01. The summed E-state index contributed by atoms with van der Waals surface area (Å²) in [5.74, 6) is 0. The van der Waals surface area contributed by atoms with Crippen LogP contribution in [0.15, 0.2) is 49.1 Å². The molecule has 3 aromatic rings. The molecule has 0 fully saturated rings. The van der Waals surface area contributed by atoms with Gasteiger partial charge in [0, 0.05) is 17.1 Å². The summed E-state index contributed by atoms with van der Waals surface area (Å²) in [6.07, 6.45) is 5.33. The number of hydrogen-bond acceptors (Lipinski definition) is 2. The number of imidazole rings is 1. The Morgan fingerprint density at radius 2 is 2.00 bits per heavy atom. The summed E-state index contributed by atoms with van der Waals surface area (Å²) in [5.41, 5.74) is 3.07. The first-order valence-electron chi connectivity index (χ1n) is 4.77. The molecule has 3 nitrogen and oxygen atoms in total. The Kier molecular flexibility index (Phi) is 1.75. The van der Waals surface area contributed by atoms with E-state index in [1.54, 1.807) is 12.5 Å². The number of nitrogens with zero attached hydrogens (tertiary/aromatic N) is 2. The highest BCUT2D eigenvalue weighted by Gasteiger charge is 2.00. The van der Waals surface area contributed by atoms with Crippen molar-refractivity contribution < 1.29 is 0 Å². The van der Waals surface area contributed by atoms with E-state index in [0.29, 0.717) is 0 Å². The second-order valence-electron chi connectivity index (χ2n) is 3.38. The van der Waals surface area contributed by atoms with Gasteiger partial charge in [-0.05, 0) is 12.1 Å². The molecule has 15 heavy (non-hydrogen) atoms. The maximum atomic E-state index is 4.39. The number of benzene rings is 1. The number of pyridine rings is 1. The van der Waals surface area contributed by atoms with Gasteiger partial charge in [-0.15, -0.1) is 0 Å². The molecule has 0 aliphatic carbocycles. The van der Waals surface area contributed by atoms with Gasteiger partial charge in [-0.1, -0.05) is 18.2 Å². The minimum absolute atomic E-state index is 0.994. The van der Waals surface area contributed by atoms with Crippen molar-refractivity contribution in [3.8, 4) is 11.3 Å². The van der Waals surface area contributed by atoms with Crippen molar-refractivity contribution in [3.63, 3.8) is 0 Å². The van der Waals surface area contributed by atoms with E-state index in [0.717, 1.165) is 22.2 Å². The van der Waals surface area contributed by atoms with Crippen LogP contribution in [-0.2, 0) is 0 Å². The molecule has 3 rings (SSSR count). The second kappa shape index (κ2) is 3.20. The van der Waals surface area contributed by atoms with Crippen LogP contribution < -0.4 is 0 Å². The Morgan fingerprint density at radius 3 is 2.87 bits per heavy atom. The average molecular weight is 195 g/mol. The lowest BCUT2D eigenvalue weighted by Crippen LogP contribution is -1.82. The Bertz CT molecular complexity index is 585. The molecule has 0 spiro atoms. The summed E-state index contributed by atoms with van der Waals surface area (Å²) in [5, 5.41) is 1.14. The van der Waals surface area contributed by atoms with Gasteiger partial charge in [-0.2, -0.15) is 0 Å². The molecule has 72 valence electrons. The highest BCUT2D eigenvalue weighted by Crippen LogP contribution is 2.19. The fourth-order valence-electron chi connectivity index (χ4n) is 1.63. The van der Waals surface area contributed by atoms with Crippen LogP contribution in [0.4, 0.5) is 0 Å². The summed E-state index contributed by atoms with van der Waals surface area (Å²) in [6.45, 7) is 0. The smallest absolute Gasteiger partial charge is 0.0924 e. The van der Waals surface area contributed by atoms with Crippen molar-refractivity contribution in [2.24, 2.45) is 0 Å². The van der Waals surface area contributed by atoms with Crippen LogP contribution in [0.5, 0.6) is 0 Å². The van der Waals surface area contributed by atoms with Crippen LogP contribution in [0.3, 0.4) is 0 Å². The zero-order chi connectivity index (χ0) is 10.1. The first-order chi connectivity index (χ1) is 7.43. The molecule has 0 amide bonds. The van der Waals surface area contributed by atoms with E-state index in [1.165, 1.54) is 0 Å². The Labute approximate surface area is 86.8 Å². The Morgan fingerprint density at radius 1 is 1.07 bits per heavy atom. The van der Waals surface area contributed by atoms with Gasteiger partial charge in [0.15, 0.2) is 0 Å². The molecule has 0 aliphatic rings. The number of nitrogens with one attached hydrogen (secondary N) is 1. The summed E-state index contributed by atoms with van der Waals surface area (Å²) < 4.78 is 0. The van der Waals surface area contributed by atoms with Crippen molar-refractivity contribution in [1.82, 2.24) is 15.0 Å². The van der Waals surface area contributed by atoms with Crippen molar-refractivity contribution in [2.75, 3.05) is 0 Å². The molecule has 0 saturated carbocycles. The van der Waals surface area contributed by atoms with Crippen molar-refractivity contribution in [2.45, 2.75) is 0 Å². The number of rotatable bonds is 1. The predicted octanol–water partition coefficient (Wildman–Crippen LogP) is 2.62. The molecule has 0 bridgehead atoms. The Hall–Kier alpha value is -2.16. The van der Waals surface area contributed by atoms with E-state index in [1.807, 2.05) is 24.4 Å². The van der Waals surface area contributed by atoms with Crippen LogP contribution in [0.25, 0.3) is 22.2 Å². The summed E-state index contributed by atoms with van der Waals surface area (Å²) in [7, 11) is 0. The molecular formula is C12H9N3. The van der Waals surface area contributed by atoms with Gasteiger partial charge >= 0.3 is 0 Å². The van der Waals surface area contributed by atoms with Crippen molar-refractivity contribution in [3.05, 3.63) is 49.1 Å². The highest BCUT2D eigenvalue weighted by atomic mass is 14.9. The maximum absolute atomic E-state index is 4.39. The fourth-order valence-corrected chi connectivity index (χ4v) is 1.63. The minimum atomic E-state index is 0.994. The number of aromatic amines is 1. The first-order valence-corrected chi connectivity index (χ1v) is 4.77. The number of hydrogen-bond donors (Lipinski definition) is 1. The summed E-state index contributed by atoms with van der Waals surface area (Å²) >= 11 is 0. The lowest BCUT2D eigenvalue weighted by molar-refractivity contribution is 1.31. The topological polar surface area (TPSA) is 41.6 Å². The Balaban J connectivity index is 2.22. The van der Waals surface area contributed by atoms with Crippen LogP contribution in [-0.4, -0.2) is 15.0 Å². The largest absolute Gasteiger partial charge is 0.345 e. The maximum Gasteiger partial charge on any atom is 0.0924 e. The molecule has 0 radical (unpaired) electrons. The van der Waals surface area contributed by atoms with Gasteiger partial charge in [0.05, 0.1) is 23.7 Å². The van der Waals surface area contributed by atoms with E-state index in [9.17, 15) is 0 Å². The molecule has 0 saturated heterocycles. The quantitative estimate of drug-likeness (QED) is 0.648. The van der Waals surface area contributed by atoms with E-state index in [2.05, 4.69) is 27.1 Å². The highest BCUT2D eigenvalue weighted by molar-refractivity contribution is 5.82. The predicted molar refractivity (Wildman–Crippen MR) is 59.3 cm³/mol. The molecule has 2 heterocycles. The number of aromatic nitrogens is 3. The summed E-state index contributed by atoms with van der Waals surface area (Å²) in [4.78, 5) is 11.5. The normalized spacial score (nSPS) is 10.7. The van der Waals surface area contributed by atoms with Gasteiger partial charge in [-0.25, -0.2) is 4.98 Å². The fraction of sp³-hybridized carbons (Fsp3) is 0. The minimum Gasteiger partial charge on any atom is -0.345 e. The van der Waals surface area contributed by atoms with Gasteiger partial charge in [-0.3, -0.25) is 4.98 Å². The van der Waals surface area contributed by atoms with Crippen molar-refractivity contribution >= 4 is 10.9 Å². The third-order valence-electron chi connectivity index (χ3n) is 2.40. The van der Waals surface area contributed by atoms with Gasteiger partial charge in [0.2, 0.25) is 0 Å². The molecule has 3 heteroatoms. The standard InChI is InChI=1S/C12H9N3/c1-2-4-11-9(3-1)5-10(6-14-11)12-7-13-8-15-12/h1-8H,(H,13,15). The third-order valence-corrected chi connectivity index (χ3v) is 2.40. The van der Waals surface area contributed by atoms with Crippen LogP contribution in [0, 0.1) is 0 Å². The lowest BCUT2D eigenvalue weighted by Gasteiger charge is -1.99. The molecule has 1 N–H and O–H groups in total. The molecule has 2 aromatic heterocycles. The van der Waals surface area contributed by atoms with Crippen LogP contribution in [0.2, 0.25) is 0 Å². The van der Waals surface area contributed by atoms with E-state index in [-0.39, 0.29) is 0 Å². The monoisotopic (exact) mass is 195 g/mol. The van der Waals surface area contributed by atoms with Crippen LogP contribution >= 0.6 is 0 Å². The number of H-pyrrole nitrogens is 1. The lowest BCUT2D eigenvalue weighted by atomic mass is 10.1. The van der Waals surface area contributed by atoms with Crippen LogP contribution in [0.1, 0.15) is 0 Å². The SMILES string of the molecule is c1ccc2ncc(-c3cnc[nH]3)cc2c1. The zero-order valence-corrected chi connectivity index (χ0v) is 8.01. The van der Waals surface area contributed by atoms with E-state index < -0.39 is 0 Å². The van der Waals surface area contributed by atoms with E-state index >= 15 is 0 Å². The average Bonchev–Trinajstić information content (AvgIpc) is 2.82. The second-order valence-corrected chi connectivity index (χ2v) is 3.38. The molecule has 0 atom stereocenters. The van der Waals surface area contributed by atoms with Gasteiger partial charge in [0.25, 0.3) is 0 Å². The summed E-state index contributed by atoms with van der Waals surface area (Å²) in [6, 6.07) is 10.2.